The largest absolute Gasteiger partial charge is 0.496 e. The molecule has 1 saturated carbocycles. The maximum Gasteiger partial charge on any atom is 0.304 e. The lowest BCUT2D eigenvalue weighted by molar-refractivity contribution is -0.137. The van der Waals surface area contributed by atoms with Crippen LogP contribution in [-0.4, -0.2) is 32.4 Å². The van der Waals surface area contributed by atoms with Crippen molar-refractivity contribution in [3.8, 4) is 11.5 Å². The van der Waals surface area contributed by atoms with Gasteiger partial charge in [0.15, 0.2) is 0 Å². The van der Waals surface area contributed by atoms with Gasteiger partial charge >= 0.3 is 5.97 Å². The van der Waals surface area contributed by atoms with Gasteiger partial charge in [0.1, 0.15) is 11.5 Å². The topological polar surface area (TPSA) is 65.0 Å². The predicted molar refractivity (Wildman–Crippen MR) is 73.4 cm³/mol. The Hall–Kier alpha value is -1.75. The van der Waals surface area contributed by atoms with Crippen LogP contribution in [0.3, 0.4) is 0 Å². The lowest BCUT2D eigenvalue weighted by atomic mass is 9.90. The minimum absolute atomic E-state index is 0.127. The smallest absolute Gasteiger partial charge is 0.304 e. The van der Waals surface area contributed by atoms with Gasteiger partial charge in [-0.1, -0.05) is 0 Å². The number of carboxylic acid groups (broad SMARTS) is 1. The highest BCUT2D eigenvalue weighted by Gasteiger charge is 2.48. The standard InChI is InChI=1S/C15H20O5/c1-18-9-10-6-11(13(20-3)7-12(10)19-2)15(4-5-15)8-14(16)17/h6-7H,4-5,8-9H2,1-3H3,(H,16,17). The van der Waals surface area contributed by atoms with E-state index in [1.807, 2.05) is 12.1 Å². The van der Waals surface area contributed by atoms with E-state index in [2.05, 4.69) is 0 Å². The van der Waals surface area contributed by atoms with Crippen LogP contribution in [0.25, 0.3) is 0 Å². The Morgan fingerprint density at radius 2 is 1.85 bits per heavy atom. The summed E-state index contributed by atoms with van der Waals surface area (Å²) in [6.45, 7) is 0.420. The summed E-state index contributed by atoms with van der Waals surface area (Å²) in [4.78, 5) is 11.1. The summed E-state index contributed by atoms with van der Waals surface area (Å²) in [5, 5.41) is 9.10. The lowest BCUT2D eigenvalue weighted by Gasteiger charge is -2.20. The molecule has 2 rings (SSSR count). The van der Waals surface area contributed by atoms with E-state index in [-0.39, 0.29) is 11.8 Å². The molecule has 1 fully saturated rings. The summed E-state index contributed by atoms with van der Waals surface area (Å²) in [6.07, 6.45) is 1.87. The van der Waals surface area contributed by atoms with Crippen LogP contribution in [0.1, 0.15) is 30.4 Å². The zero-order chi connectivity index (χ0) is 14.8. The van der Waals surface area contributed by atoms with Crippen molar-refractivity contribution < 1.29 is 24.1 Å². The molecule has 5 nitrogen and oxygen atoms in total. The Balaban J connectivity index is 2.45. The third kappa shape index (κ3) is 2.72. The van der Waals surface area contributed by atoms with Gasteiger partial charge in [0, 0.05) is 29.7 Å². The van der Waals surface area contributed by atoms with Crippen LogP contribution in [0.5, 0.6) is 11.5 Å². The van der Waals surface area contributed by atoms with Crippen molar-refractivity contribution in [3.05, 3.63) is 23.3 Å². The molecule has 1 aliphatic carbocycles. The number of aliphatic carboxylic acids is 1. The van der Waals surface area contributed by atoms with Crippen molar-refractivity contribution in [1.82, 2.24) is 0 Å². The second kappa shape index (κ2) is 5.71. The summed E-state index contributed by atoms with van der Waals surface area (Å²) in [5.41, 5.74) is 1.55. The van der Waals surface area contributed by atoms with Gasteiger partial charge in [-0.2, -0.15) is 0 Å². The molecule has 20 heavy (non-hydrogen) atoms. The van der Waals surface area contributed by atoms with Gasteiger partial charge in [0.2, 0.25) is 0 Å². The predicted octanol–water partition coefficient (Wildman–Crippen LogP) is 2.36. The molecule has 1 aromatic rings. The molecular formula is C15H20O5. The lowest BCUT2D eigenvalue weighted by Crippen LogP contribution is -2.15. The number of benzene rings is 1. The molecule has 0 amide bonds. The van der Waals surface area contributed by atoms with E-state index in [1.54, 1.807) is 21.3 Å². The van der Waals surface area contributed by atoms with Crippen LogP contribution >= 0.6 is 0 Å². The first-order valence-electron chi connectivity index (χ1n) is 6.52. The summed E-state index contributed by atoms with van der Waals surface area (Å²) < 4.78 is 15.9. The van der Waals surface area contributed by atoms with Gasteiger partial charge in [-0.05, 0) is 18.9 Å². The van der Waals surface area contributed by atoms with E-state index in [9.17, 15) is 4.79 Å². The van der Waals surface area contributed by atoms with Crippen LogP contribution < -0.4 is 9.47 Å². The SMILES string of the molecule is COCc1cc(C2(CC(=O)O)CC2)c(OC)cc1OC. The van der Waals surface area contributed by atoms with Crippen molar-refractivity contribution in [2.24, 2.45) is 0 Å². The van der Waals surface area contributed by atoms with Crippen molar-refractivity contribution in [2.45, 2.75) is 31.3 Å². The van der Waals surface area contributed by atoms with Gasteiger partial charge < -0.3 is 19.3 Å². The Bertz CT molecular complexity index is 505. The first kappa shape index (κ1) is 14.7. The second-order valence-electron chi connectivity index (χ2n) is 5.15. The summed E-state index contributed by atoms with van der Waals surface area (Å²) in [7, 11) is 4.80. The third-order valence-electron chi connectivity index (χ3n) is 3.82. The van der Waals surface area contributed by atoms with Crippen LogP contribution in [0.2, 0.25) is 0 Å². The Kier molecular flexibility index (Phi) is 4.18. The van der Waals surface area contributed by atoms with E-state index in [4.69, 9.17) is 19.3 Å². The third-order valence-corrected chi connectivity index (χ3v) is 3.82. The number of methoxy groups -OCH3 is 3. The molecule has 0 unspecified atom stereocenters. The van der Waals surface area contributed by atoms with Crippen molar-refractivity contribution in [3.63, 3.8) is 0 Å². The Labute approximate surface area is 118 Å². The van der Waals surface area contributed by atoms with E-state index in [0.717, 1.165) is 24.0 Å². The Morgan fingerprint density at radius 3 is 2.30 bits per heavy atom. The van der Waals surface area contributed by atoms with Crippen LogP contribution in [0, 0.1) is 0 Å². The summed E-state index contributed by atoms with van der Waals surface area (Å²) in [6, 6.07) is 3.77. The fourth-order valence-electron chi connectivity index (χ4n) is 2.63. The first-order valence-corrected chi connectivity index (χ1v) is 6.52. The number of rotatable bonds is 7. The highest BCUT2D eigenvalue weighted by molar-refractivity contribution is 5.71. The highest BCUT2D eigenvalue weighted by Crippen LogP contribution is 2.54. The molecule has 1 aliphatic rings. The highest BCUT2D eigenvalue weighted by atomic mass is 16.5. The zero-order valence-electron chi connectivity index (χ0n) is 12.1. The second-order valence-corrected chi connectivity index (χ2v) is 5.15. The molecule has 0 atom stereocenters. The Morgan fingerprint density at radius 1 is 1.20 bits per heavy atom. The number of carboxylic acids is 1. The van der Waals surface area contributed by atoms with Gasteiger partial charge in [-0.3, -0.25) is 4.79 Å². The molecule has 0 aliphatic heterocycles. The molecular weight excluding hydrogens is 260 g/mol. The maximum atomic E-state index is 11.1. The number of hydrogen-bond donors (Lipinski definition) is 1. The average Bonchev–Trinajstić information content (AvgIpc) is 3.18. The van der Waals surface area contributed by atoms with Crippen molar-refractivity contribution in [2.75, 3.05) is 21.3 Å². The zero-order valence-corrected chi connectivity index (χ0v) is 12.1. The quantitative estimate of drug-likeness (QED) is 0.830. The van der Waals surface area contributed by atoms with Crippen LogP contribution in [0.4, 0.5) is 0 Å². The molecule has 5 heteroatoms. The maximum absolute atomic E-state index is 11.1. The molecule has 0 bridgehead atoms. The van der Waals surface area contributed by atoms with Gasteiger partial charge in [0.05, 0.1) is 27.2 Å². The van der Waals surface area contributed by atoms with Gasteiger partial charge in [-0.25, -0.2) is 0 Å². The van der Waals surface area contributed by atoms with Crippen molar-refractivity contribution in [1.29, 1.82) is 0 Å². The molecule has 1 aromatic carbocycles. The molecule has 1 N–H and O–H groups in total. The molecule has 0 radical (unpaired) electrons. The van der Waals surface area contributed by atoms with E-state index in [1.165, 1.54) is 0 Å². The molecule has 0 aromatic heterocycles. The number of ether oxygens (including phenoxy) is 3. The fraction of sp³-hybridized carbons (Fsp3) is 0.533. The molecule has 0 saturated heterocycles. The van der Waals surface area contributed by atoms with Gasteiger partial charge in [0.25, 0.3) is 0 Å². The van der Waals surface area contributed by atoms with Crippen LogP contribution in [-0.2, 0) is 21.6 Å². The summed E-state index contributed by atoms with van der Waals surface area (Å²) >= 11 is 0. The van der Waals surface area contributed by atoms with Crippen molar-refractivity contribution >= 4 is 5.97 Å². The molecule has 0 spiro atoms. The van der Waals surface area contributed by atoms with E-state index in [0.29, 0.717) is 18.1 Å². The first-order chi connectivity index (χ1) is 9.56. The fourth-order valence-corrected chi connectivity index (χ4v) is 2.63. The minimum atomic E-state index is -0.784. The average molecular weight is 280 g/mol. The number of hydrogen-bond acceptors (Lipinski definition) is 4. The normalized spacial score (nSPS) is 15.8. The van der Waals surface area contributed by atoms with Gasteiger partial charge in [-0.15, -0.1) is 0 Å². The number of carbonyl (C=O) groups is 1. The van der Waals surface area contributed by atoms with E-state index < -0.39 is 5.97 Å². The minimum Gasteiger partial charge on any atom is -0.496 e. The molecule has 0 heterocycles. The summed E-state index contributed by atoms with van der Waals surface area (Å²) in [5.74, 6) is 0.590. The van der Waals surface area contributed by atoms with Crippen LogP contribution in [0.15, 0.2) is 12.1 Å². The molecule has 110 valence electrons. The monoisotopic (exact) mass is 280 g/mol. The van der Waals surface area contributed by atoms with E-state index >= 15 is 0 Å².